The van der Waals surface area contributed by atoms with Gasteiger partial charge in [-0.1, -0.05) is 23.7 Å². The average Bonchev–Trinajstić information content (AvgIpc) is 2.86. The number of nitrogens with one attached hydrogen (secondary N) is 2. The van der Waals surface area contributed by atoms with Gasteiger partial charge in [0.15, 0.2) is 0 Å². The van der Waals surface area contributed by atoms with E-state index in [1.54, 1.807) is 6.07 Å². The maximum atomic E-state index is 12.9. The van der Waals surface area contributed by atoms with E-state index in [1.807, 2.05) is 60.5 Å². The molecule has 3 heterocycles. The predicted molar refractivity (Wildman–Crippen MR) is 159 cm³/mol. The van der Waals surface area contributed by atoms with Gasteiger partial charge in [0.05, 0.1) is 12.6 Å². The lowest BCUT2D eigenvalue weighted by molar-refractivity contribution is -0.130. The van der Waals surface area contributed by atoms with Gasteiger partial charge >= 0.3 is 0 Å². The Morgan fingerprint density at radius 1 is 1.08 bits per heavy atom. The molecule has 0 aliphatic carbocycles. The molecule has 0 spiro atoms. The molecule has 0 radical (unpaired) electrons. The van der Waals surface area contributed by atoms with Crippen molar-refractivity contribution in [3.63, 3.8) is 0 Å². The summed E-state index contributed by atoms with van der Waals surface area (Å²) >= 11 is 6.08. The molecule has 2 aliphatic heterocycles. The quantitative estimate of drug-likeness (QED) is 0.397. The molecule has 1 aromatic heterocycles. The van der Waals surface area contributed by atoms with Crippen molar-refractivity contribution in [1.29, 1.82) is 0 Å². The van der Waals surface area contributed by atoms with Crippen LogP contribution in [0, 0.1) is 6.92 Å². The number of carbonyl (C=O) groups excluding carboxylic acids is 1. The van der Waals surface area contributed by atoms with Crippen LogP contribution in [0.2, 0.25) is 5.02 Å². The number of carbonyl (C=O) groups is 1. The maximum Gasteiger partial charge on any atom is 0.242 e. The van der Waals surface area contributed by atoms with Crippen molar-refractivity contribution in [1.82, 2.24) is 20.2 Å². The Kier molecular flexibility index (Phi) is 12.2. The highest BCUT2D eigenvalue weighted by Gasteiger charge is 2.29. The van der Waals surface area contributed by atoms with Gasteiger partial charge in [-0.2, -0.15) is 0 Å². The third kappa shape index (κ3) is 7.77. The summed E-state index contributed by atoms with van der Waals surface area (Å²) in [5.41, 5.74) is 1.93. The van der Waals surface area contributed by atoms with Crippen LogP contribution in [0.15, 0.2) is 54.7 Å². The summed E-state index contributed by atoms with van der Waals surface area (Å²) in [5.74, 6) is 3.08. The molecule has 2 aliphatic rings. The predicted octanol–water partition coefficient (Wildman–Crippen LogP) is 5.29. The van der Waals surface area contributed by atoms with Crippen molar-refractivity contribution in [3.05, 3.63) is 71.1 Å². The number of nitrogens with zero attached hydrogens (tertiary/aromatic N) is 4. The van der Waals surface area contributed by atoms with Crippen LogP contribution >= 0.6 is 48.8 Å². The van der Waals surface area contributed by atoms with Gasteiger partial charge in [-0.15, -0.1) is 37.2 Å². The molecule has 1 atom stereocenters. The van der Waals surface area contributed by atoms with Crippen LogP contribution in [0.25, 0.3) is 0 Å². The topological polar surface area (TPSA) is 82.6 Å². The van der Waals surface area contributed by atoms with Crippen LogP contribution in [-0.4, -0.2) is 60.0 Å². The highest BCUT2D eigenvalue weighted by atomic mass is 35.5. The normalized spacial score (nSPS) is 16.2. The fraction of sp³-hybridized carbons (Fsp3) is 0.346. The second-order valence-corrected chi connectivity index (χ2v) is 9.26. The summed E-state index contributed by atoms with van der Waals surface area (Å²) in [6.45, 7) is 6.13. The number of anilines is 2. The largest absolute Gasteiger partial charge is 0.457 e. The summed E-state index contributed by atoms with van der Waals surface area (Å²) in [6.07, 6.45) is 2.71. The first-order valence-electron chi connectivity index (χ1n) is 11.9. The Morgan fingerprint density at radius 3 is 2.53 bits per heavy atom. The maximum absolute atomic E-state index is 12.9. The number of aryl methyl sites for hydroxylation is 1. The van der Waals surface area contributed by atoms with Gasteiger partial charge in [0, 0.05) is 61.3 Å². The van der Waals surface area contributed by atoms with Gasteiger partial charge < -0.3 is 25.2 Å². The van der Waals surface area contributed by atoms with Crippen molar-refractivity contribution in [2.45, 2.75) is 19.4 Å². The Morgan fingerprint density at radius 2 is 1.79 bits per heavy atom. The lowest BCUT2D eigenvalue weighted by Gasteiger charge is -2.36. The molecular formula is C26H32Cl4N6O2. The third-order valence-corrected chi connectivity index (χ3v) is 6.52. The molecule has 38 heavy (non-hydrogen) atoms. The molecule has 1 amide bonds. The van der Waals surface area contributed by atoms with Gasteiger partial charge in [-0.25, -0.2) is 9.97 Å². The van der Waals surface area contributed by atoms with Crippen molar-refractivity contribution in [2.75, 3.05) is 49.5 Å². The number of rotatable bonds is 6. The molecule has 0 bridgehead atoms. The van der Waals surface area contributed by atoms with Gasteiger partial charge in [0.25, 0.3) is 0 Å². The summed E-state index contributed by atoms with van der Waals surface area (Å²) in [7, 11) is 0. The second-order valence-electron chi connectivity index (χ2n) is 8.82. The van der Waals surface area contributed by atoms with E-state index in [2.05, 4.69) is 20.5 Å². The van der Waals surface area contributed by atoms with E-state index < -0.39 is 0 Å². The minimum atomic E-state index is 0. The van der Waals surface area contributed by atoms with Crippen LogP contribution in [-0.2, 0) is 4.79 Å². The SMILES string of the molecule is Cc1ncc2c(n1)N(CC(=O)N1CCNCC1)CCC2Nc1cccc(Oc2cccc(Cl)c2)c1.Cl.Cl.Cl. The fourth-order valence-corrected chi connectivity index (χ4v) is 4.69. The number of piperazine rings is 1. The zero-order valence-electron chi connectivity index (χ0n) is 20.9. The monoisotopic (exact) mass is 600 g/mol. The van der Waals surface area contributed by atoms with Gasteiger partial charge in [0.2, 0.25) is 5.91 Å². The van der Waals surface area contributed by atoms with E-state index in [0.717, 1.165) is 62.0 Å². The first-order chi connectivity index (χ1) is 17.0. The lowest BCUT2D eigenvalue weighted by Crippen LogP contribution is -2.50. The van der Waals surface area contributed by atoms with E-state index in [0.29, 0.717) is 23.1 Å². The zero-order chi connectivity index (χ0) is 24.2. The highest BCUT2D eigenvalue weighted by Crippen LogP contribution is 2.35. The zero-order valence-corrected chi connectivity index (χ0v) is 24.1. The minimum absolute atomic E-state index is 0. The molecule has 3 aromatic rings. The number of halogens is 4. The van der Waals surface area contributed by atoms with Crippen LogP contribution in [0.4, 0.5) is 11.5 Å². The Balaban J connectivity index is 0.00000169. The van der Waals surface area contributed by atoms with Crippen LogP contribution in [0.1, 0.15) is 23.9 Å². The Hall–Kier alpha value is -2.49. The van der Waals surface area contributed by atoms with Gasteiger partial charge in [-0.05, 0) is 43.7 Å². The van der Waals surface area contributed by atoms with Crippen molar-refractivity contribution < 1.29 is 9.53 Å². The molecule has 0 saturated carbocycles. The molecule has 206 valence electrons. The Bertz CT molecular complexity index is 1210. The molecule has 2 N–H and O–H groups in total. The summed E-state index contributed by atoms with van der Waals surface area (Å²) in [6, 6.07) is 15.2. The molecule has 12 heteroatoms. The smallest absolute Gasteiger partial charge is 0.242 e. The standard InChI is InChI=1S/C26H29ClN6O2.3ClH/c1-18-29-16-23-24(8-11-33(26(23)30-18)17-25(34)32-12-9-28-10-13-32)31-20-5-3-7-22(15-20)35-21-6-2-4-19(27)14-21;;;/h2-7,14-16,24,28,31H,8-13,17H2,1H3;3*1H. The number of aromatic nitrogens is 2. The van der Waals surface area contributed by atoms with Crippen LogP contribution in [0.3, 0.4) is 0 Å². The molecule has 2 aromatic carbocycles. The summed E-state index contributed by atoms with van der Waals surface area (Å²) in [4.78, 5) is 26.1. The highest BCUT2D eigenvalue weighted by molar-refractivity contribution is 6.30. The third-order valence-electron chi connectivity index (χ3n) is 6.28. The van der Waals surface area contributed by atoms with Crippen molar-refractivity contribution in [2.24, 2.45) is 0 Å². The number of ether oxygens (including phenoxy) is 1. The minimum Gasteiger partial charge on any atom is -0.457 e. The molecule has 8 nitrogen and oxygen atoms in total. The summed E-state index contributed by atoms with van der Waals surface area (Å²) < 4.78 is 5.99. The molecular weight excluding hydrogens is 570 g/mol. The fourth-order valence-electron chi connectivity index (χ4n) is 4.51. The van der Waals surface area contributed by atoms with E-state index in [4.69, 9.17) is 21.3 Å². The number of fused-ring (bicyclic) bond motifs is 1. The van der Waals surface area contributed by atoms with Gasteiger partial charge in [0.1, 0.15) is 23.1 Å². The van der Waals surface area contributed by atoms with E-state index in [1.165, 1.54) is 0 Å². The first kappa shape index (κ1) is 31.7. The van der Waals surface area contributed by atoms with Crippen LogP contribution < -0.4 is 20.3 Å². The van der Waals surface area contributed by atoms with Crippen molar-refractivity contribution >= 4 is 66.2 Å². The van der Waals surface area contributed by atoms with E-state index in [9.17, 15) is 4.79 Å². The average molecular weight is 602 g/mol. The number of amides is 1. The lowest BCUT2D eigenvalue weighted by atomic mass is 10.00. The van der Waals surface area contributed by atoms with E-state index in [-0.39, 0.29) is 49.2 Å². The van der Waals surface area contributed by atoms with E-state index >= 15 is 0 Å². The second kappa shape index (κ2) is 14.6. The summed E-state index contributed by atoms with van der Waals surface area (Å²) in [5, 5.41) is 7.54. The van der Waals surface area contributed by atoms with Crippen molar-refractivity contribution in [3.8, 4) is 11.5 Å². The molecule has 5 rings (SSSR count). The Labute approximate surface area is 246 Å². The van der Waals surface area contributed by atoms with Gasteiger partial charge in [-0.3, -0.25) is 4.79 Å². The van der Waals surface area contributed by atoms with Crippen LogP contribution in [0.5, 0.6) is 11.5 Å². The number of hydrogen-bond acceptors (Lipinski definition) is 7. The molecule has 1 fully saturated rings. The molecule has 1 saturated heterocycles. The number of hydrogen-bond donors (Lipinski definition) is 2. The first-order valence-corrected chi connectivity index (χ1v) is 12.3. The molecule has 1 unspecified atom stereocenters. The number of benzene rings is 2.